The summed E-state index contributed by atoms with van der Waals surface area (Å²) >= 11 is 0. The van der Waals surface area contributed by atoms with Crippen LogP contribution in [0.3, 0.4) is 0 Å². The summed E-state index contributed by atoms with van der Waals surface area (Å²) in [6.45, 7) is 4.26. The first-order chi connectivity index (χ1) is 29.5. The van der Waals surface area contributed by atoms with Gasteiger partial charge >= 0.3 is 0 Å². The first-order valence-corrected chi connectivity index (χ1v) is 16.9. The number of nitriles is 1. The number of nitrogens with zero attached hydrogens (tertiary/aromatic N) is 3. The molecule has 7 aromatic rings. The summed E-state index contributed by atoms with van der Waals surface area (Å²) in [4.78, 5) is 8.75. The van der Waals surface area contributed by atoms with Crippen LogP contribution in [0.15, 0.2) is 102 Å². The van der Waals surface area contributed by atoms with Gasteiger partial charge in [0.15, 0.2) is 0 Å². The standard InChI is InChI=1S/C31H27N2O.C17H20N.Ir/c1-19-13-21(16-31(3,4)5)9-11-23(19)27-15-28(33-18-20(27)2)26-8-6-7-25-24-12-10-22(17-32)14-29(24)34-30(25)26;1-13-5-8-15(9-6-13)16-10-7-14(12-18-16)11-17(2,3)4;/h6-7,9-15,18H,16H2,1-5H3;5-8,10,12H,11H2,1-4H3;/q2*-1;/i1D3,2D3,11D;1D3,11D2;. The Bertz CT molecular complexity index is 2880. The molecule has 0 saturated heterocycles. The Hall–Kier alpha value is -4.88. The molecule has 0 spiro atoms. The first-order valence-electron chi connectivity index (χ1n) is 22.9. The summed E-state index contributed by atoms with van der Waals surface area (Å²) in [5.74, 6) is 0. The fourth-order valence-electron chi connectivity index (χ4n) is 5.92. The van der Waals surface area contributed by atoms with Gasteiger partial charge in [0, 0.05) is 53.0 Å². The van der Waals surface area contributed by atoms with Crippen LogP contribution < -0.4 is 0 Å². The zero-order valence-electron chi connectivity index (χ0n) is 42.5. The van der Waals surface area contributed by atoms with Gasteiger partial charge in [0.1, 0.15) is 5.58 Å². The molecule has 1 radical (unpaired) electrons. The van der Waals surface area contributed by atoms with Gasteiger partial charge in [-0.3, -0.25) is 0 Å². The molecule has 0 N–H and O–H groups in total. The third-order valence-corrected chi connectivity index (χ3v) is 8.10. The zero-order chi connectivity index (χ0) is 47.4. The van der Waals surface area contributed by atoms with Crippen LogP contribution in [-0.4, -0.2) is 9.97 Å². The molecule has 5 heteroatoms. The summed E-state index contributed by atoms with van der Waals surface area (Å²) in [5, 5.41) is 10.9. The molecule has 0 aliphatic carbocycles. The van der Waals surface area contributed by atoms with E-state index in [4.69, 9.17) is 20.9 Å². The molecule has 7 rings (SSSR count). The molecule has 3 aromatic heterocycles. The van der Waals surface area contributed by atoms with Crippen LogP contribution >= 0.6 is 0 Å². The van der Waals surface area contributed by atoms with E-state index in [0.717, 1.165) is 10.8 Å². The van der Waals surface area contributed by atoms with E-state index in [-0.39, 0.29) is 59.4 Å². The van der Waals surface area contributed by atoms with Crippen molar-refractivity contribution >= 4 is 21.9 Å². The Balaban J connectivity index is 0.000000281. The van der Waals surface area contributed by atoms with Crippen molar-refractivity contribution in [3.8, 4) is 39.7 Å². The molecule has 0 unspecified atom stereocenters. The normalized spacial score (nSPS) is 15.8. The zero-order valence-corrected chi connectivity index (χ0v) is 32.8. The predicted molar refractivity (Wildman–Crippen MR) is 215 cm³/mol. The van der Waals surface area contributed by atoms with E-state index >= 15 is 0 Å². The SMILES string of the molecule is [2H]C([2H])([2H])c1c[c-]c(-c2ccc(C([2H])([2H])C(C)(C)C)cn2)cc1.[2H]c1cc(CC(C)(C)C)cc(C([2H])([2H])[2H])c1-c1cc(-c2[c-]ccc3c2oc2cc(C#N)ccc23)ncc1C([2H])([2H])[2H].[Ir]. The van der Waals surface area contributed by atoms with Crippen LogP contribution in [0.2, 0.25) is 0 Å². The Morgan fingerprint density at radius 3 is 2.26 bits per heavy atom. The number of fused-ring (bicyclic) bond motifs is 3. The number of aromatic nitrogens is 2. The van der Waals surface area contributed by atoms with Crippen LogP contribution in [0.5, 0.6) is 0 Å². The van der Waals surface area contributed by atoms with Gasteiger partial charge in [-0.25, -0.2) is 0 Å². The molecule has 3 heterocycles. The van der Waals surface area contributed by atoms with Crippen molar-refractivity contribution in [1.82, 2.24) is 9.97 Å². The summed E-state index contributed by atoms with van der Waals surface area (Å²) in [6.07, 6.45) is 1.80. The van der Waals surface area contributed by atoms with E-state index in [0.29, 0.717) is 56.8 Å². The number of hydrogen-bond acceptors (Lipinski definition) is 4. The van der Waals surface area contributed by atoms with E-state index in [2.05, 4.69) is 28.2 Å². The second-order valence-corrected chi connectivity index (χ2v) is 15.0. The number of aryl methyl sites for hydroxylation is 3. The van der Waals surface area contributed by atoms with Crippen LogP contribution in [0, 0.1) is 54.8 Å². The van der Waals surface area contributed by atoms with Gasteiger partial charge in [0.2, 0.25) is 0 Å². The molecule has 0 atom stereocenters. The third-order valence-electron chi connectivity index (χ3n) is 8.10. The third kappa shape index (κ3) is 9.57. The largest absolute Gasteiger partial charge is 0.501 e. The van der Waals surface area contributed by atoms with Gasteiger partial charge in [-0.1, -0.05) is 102 Å². The summed E-state index contributed by atoms with van der Waals surface area (Å²) < 4.78 is 103. The number of benzene rings is 4. The molecule has 0 aliphatic rings. The second-order valence-electron chi connectivity index (χ2n) is 15.0. The second kappa shape index (κ2) is 16.0. The van der Waals surface area contributed by atoms with Gasteiger partial charge in [0.05, 0.1) is 18.6 Å². The molecule has 0 saturated carbocycles. The maximum atomic E-state index is 9.30. The molecular weight excluding hydrogens is 827 g/mol. The molecule has 53 heavy (non-hydrogen) atoms. The smallest absolute Gasteiger partial charge is 0.122 e. The Morgan fingerprint density at radius 1 is 0.792 bits per heavy atom. The summed E-state index contributed by atoms with van der Waals surface area (Å²) in [6, 6.07) is 29.6. The number of rotatable bonds is 5. The average molecular weight is 886 g/mol. The Kier molecular flexibility index (Phi) is 7.85. The minimum Gasteiger partial charge on any atom is -0.501 e. The van der Waals surface area contributed by atoms with Crippen molar-refractivity contribution in [2.24, 2.45) is 10.8 Å². The van der Waals surface area contributed by atoms with Crippen molar-refractivity contribution in [2.45, 2.75) is 74.9 Å². The van der Waals surface area contributed by atoms with Crippen molar-refractivity contribution in [3.63, 3.8) is 0 Å². The molecular formula is C48H47IrN3O-2. The van der Waals surface area contributed by atoms with E-state index in [1.54, 1.807) is 60.7 Å². The minimum atomic E-state index is -2.62. The van der Waals surface area contributed by atoms with Crippen molar-refractivity contribution in [2.75, 3.05) is 0 Å². The minimum absolute atomic E-state index is 0. The van der Waals surface area contributed by atoms with Crippen LogP contribution in [0.4, 0.5) is 0 Å². The fraction of sp³-hybridized carbons (Fsp3) is 0.271. The first kappa shape index (κ1) is 26.0. The Labute approximate surface area is 345 Å². The monoisotopic (exact) mass is 886 g/mol. The van der Waals surface area contributed by atoms with Crippen molar-refractivity contribution < 1.29 is 41.0 Å². The van der Waals surface area contributed by atoms with Crippen molar-refractivity contribution in [1.29, 1.82) is 5.26 Å². The number of pyridine rings is 2. The molecule has 0 amide bonds. The van der Waals surface area contributed by atoms with Crippen LogP contribution in [0.25, 0.3) is 55.6 Å². The van der Waals surface area contributed by atoms with Gasteiger partial charge < -0.3 is 14.4 Å². The van der Waals surface area contributed by atoms with Crippen LogP contribution in [-0.2, 0) is 32.9 Å². The van der Waals surface area contributed by atoms with E-state index in [1.165, 1.54) is 24.5 Å². The van der Waals surface area contributed by atoms with Crippen LogP contribution in [0.1, 0.15) is 91.4 Å². The summed E-state index contributed by atoms with van der Waals surface area (Å²) in [5.41, 5.74) is 4.13. The van der Waals surface area contributed by atoms with Crippen molar-refractivity contribution in [3.05, 3.63) is 143 Å². The molecule has 0 bridgehead atoms. The van der Waals surface area contributed by atoms with Gasteiger partial charge in [-0.2, -0.15) is 5.26 Å². The number of hydrogen-bond donors (Lipinski definition) is 0. The van der Waals surface area contributed by atoms with Gasteiger partial charge in [-0.15, -0.1) is 53.6 Å². The number of furan rings is 1. The molecule has 0 fully saturated rings. The molecule has 0 aliphatic heterocycles. The van der Waals surface area contributed by atoms with E-state index in [9.17, 15) is 5.26 Å². The maximum Gasteiger partial charge on any atom is 0.122 e. The van der Waals surface area contributed by atoms with Gasteiger partial charge in [-0.05, 0) is 94.2 Å². The summed E-state index contributed by atoms with van der Waals surface area (Å²) in [7, 11) is 0. The fourth-order valence-corrected chi connectivity index (χ4v) is 5.92. The molecule has 4 nitrogen and oxygen atoms in total. The topological polar surface area (TPSA) is 62.7 Å². The molecule has 4 aromatic carbocycles. The molecule has 271 valence electrons. The average Bonchev–Trinajstić information content (AvgIpc) is 3.57. The quantitative estimate of drug-likeness (QED) is 0.162. The van der Waals surface area contributed by atoms with Gasteiger partial charge in [0.25, 0.3) is 0 Å². The predicted octanol–water partition coefficient (Wildman–Crippen LogP) is 12.6. The maximum absolute atomic E-state index is 9.30. The van der Waals surface area contributed by atoms with E-state index < -0.39 is 32.3 Å². The van der Waals surface area contributed by atoms with E-state index in [1.807, 2.05) is 47.6 Å². The Morgan fingerprint density at radius 2 is 1.60 bits per heavy atom.